The molecule has 0 radical (unpaired) electrons. The van der Waals surface area contributed by atoms with E-state index in [1.165, 1.54) is 6.07 Å². The van der Waals surface area contributed by atoms with E-state index in [1.54, 1.807) is 38.5 Å². The quantitative estimate of drug-likeness (QED) is 0.379. The van der Waals surface area contributed by atoms with Crippen LogP contribution in [-0.2, 0) is 20.2 Å². The second-order valence-corrected chi connectivity index (χ2v) is 11.1. The predicted molar refractivity (Wildman–Crippen MR) is 142 cm³/mol. The number of ether oxygens (including phenoxy) is 2. The van der Waals surface area contributed by atoms with Crippen LogP contribution in [0.25, 0.3) is 10.9 Å². The lowest BCUT2D eigenvalue weighted by molar-refractivity contribution is -0.122. The maximum absolute atomic E-state index is 14.0. The van der Waals surface area contributed by atoms with Crippen LogP contribution in [0.3, 0.4) is 0 Å². The van der Waals surface area contributed by atoms with Crippen LogP contribution >= 0.6 is 0 Å². The maximum Gasteiger partial charge on any atom is 0.264 e. The number of amides is 1. The summed E-state index contributed by atoms with van der Waals surface area (Å²) < 4.78 is 40.6. The molecule has 1 aliphatic carbocycles. The largest absolute Gasteiger partial charge is 0.497 e. The van der Waals surface area contributed by atoms with E-state index in [9.17, 15) is 13.2 Å². The molecule has 1 fully saturated rings. The van der Waals surface area contributed by atoms with E-state index in [4.69, 9.17) is 9.47 Å². The van der Waals surface area contributed by atoms with Crippen LogP contribution in [0.5, 0.6) is 11.5 Å². The van der Waals surface area contributed by atoms with Crippen molar-refractivity contribution in [2.75, 3.05) is 14.2 Å². The van der Waals surface area contributed by atoms with E-state index >= 15 is 0 Å². The van der Waals surface area contributed by atoms with Crippen molar-refractivity contribution < 1.29 is 22.7 Å². The highest BCUT2D eigenvalue weighted by Crippen LogP contribution is 2.63. The Morgan fingerprint density at radius 2 is 1.76 bits per heavy atom. The number of pyridine rings is 1. The van der Waals surface area contributed by atoms with Gasteiger partial charge in [0.1, 0.15) is 11.5 Å². The number of fused-ring (bicyclic) bond motifs is 1. The van der Waals surface area contributed by atoms with Gasteiger partial charge in [0.05, 0.1) is 30.0 Å². The fraction of sp³-hybridized carbons (Fsp3) is 0.241. The Labute approximate surface area is 216 Å². The van der Waals surface area contributed by atoms with Crippen LogP contribution in [0.15, 0.2) is 77.7 Å². The number of methoxy groups -OCH3 is 2. The molecule has 1 heterocycles. The topological polar surface area (TPSA) is 94.6 Å². The average Bonchev–Trinajstić information content (AvgIpc) is 3.65. The summed E-state index contributed by atoms with van der Waals surface area (Å²) in [6.45, 7) is 3.77. The minimum atomic E-state index is -4.20. The molecule has 190 valence electrons. The van der Waals surface area contributed by atoms with Gasteiger partial charge in [0.2, 0.25) is 5.91 Å². The first-order chi connectivity index (χ1) is 17.7. The summed E-state index contributed by atoms with van der Waals surface area (Å²) in [4.78, 5) is 18.5. The molecule has 1 saturated carbocycles. The van der Waals surface area contributed by atoms with Crippen LogP contribution in [0, 0.1) is 13.8 Å². The summed E-state index contributed by atoms with van der Waals surface area (Å²) >= 11 is 0. The van der Waals surface area contributed by atoms with Crippen molar-refractivity contribution in [2.24, 2.45) is 0 Å². The SMILES string of the molecule is COc1cccc([C@@H]2C[C@]2(C(=O)NS(=O)(=O)c2cccc3nc(C)ccc23)c2cc(C)ccc2OC)c1. The van der Waals surface area contributed by atoms with E-state index < -0.39 is 21.3 Å². The first-order valence-electron chi connectivity index (χ1n) is 11.9. The molecule has 0 spiro atoms. The van der Waals surface area contributed by atoms with Gasteiger partial charge < -0.3 is 9.47 Å². The van der Waals surface area contributed by atoms with Gasteiger partial charge in [-0.1, -0.05) is 35.9 Å². The number of carbonyl (C=O) groups is 1. The van der Waals surface area contributed by atoms with Crippen LogP contribution in [0.4, 0.5) is 0 Å². The lowest BCUT2D eigenvalue weighted by Gasteiger charge is -2.22. The molecule has 7 nitrogen and oxygen atoms in total. The normalized spacial score (nSPS) is 18.9. The summed E-state index contributed by atoms with van der Waals surface area (Å²) in [6, 6.07) is 21.5. The first kappa shape index (κ1) is 24.8. The minimum absolute atomic E-state index is 0.00999. The molecule has 0 saturated heterocycles. The summed E-state index contributed by atoms with van der Waals surface area (Å²) in [7, 11) is -1.07. The number of carbonyl (C=O) groups excluding carboxylic acids is 1. The predicted octanol–water partition coefficient (Wildman–Crippen LogP) is 4.80. The molecule has 37 heavy (non-hydrogen) atoms. The van der Waals surface area contributed by atoms with Gasteiger partial charge in [-0.3, -0.25) is 9.78 Å². The van der Waals surface area contributed by atoms with E-state index in [2.05, 4.69) is 9.71 Å². The Morgan fingerprint density at radius 3 is 2.51 bits per heavy atom. The number of rotatable bonds is 7. The Balaban J connectivity index is 1.60. The molecule has 5 rings (SSSR count). The highest BCUT2D eigenvalue weighted by Gasteiger charge is 2.63. The van der Waals surface area contributed by atoms with Crippen molar-refractivity contribution >= 4 is 26.8 Å². The Hall–Kier alpha value is -3.91. The van der Waals surface area contributed by atoms with Gasteiger partial charge in [0.15, 0.2) is 0 Å². The van der Waals surface area contributed by atoms with Crippen molar-refractivity contribution in [2.45, 2.75) is 36.5 Å². The third-order valence-corrected chi connectivity index (χ3v) is 8.43. The van der Waals surface area contributed by atoms with Gasteiger partial charge in [-0.15, -0.1) is 0 Å². The molecule has 1 aliphatic rings. The van der Waals surface area contributed by atoms with Gasteiger partial charge in [-0.05, 0) is 68.3 Å². The number of nitrogens with one attached hydrogen (secondary N) is 1. The highest BCUT2D eigenvalue weighted by atomic mass is 32.2. The third-order valence-electron chi connectivity index (χ3n) is 7.05. The number of aryl methyl sites for hydroxylation is 2. The van der Waals surface area contributed by atoms with Gasteiger partial charge in [-0.25, -0.2) is 13.1 Å². The minimum Gasteiger partial charge on any atom is -0.497 e. The van der Waals surface area contributed by atoms with Crippen molar-refractivity contribution in [1.29, 1.82) is 0 Å². The van der Waals surface area contributed by atoms with Crippen molar-refractivity contribution in [3.63, 3.8) is 0 Å². The third kappa shape index (κ3) is 4.31. The number of sulfonamides is 1. The number of hydrogen-bond acceptors (Lipinski definition) is 6. The Morgan fingerprint density at radius 1 is 0.973 bits per heavy atom. The monoisotopic (exact) mass is 516 g/mol. The lowest BCUT2D eigenvalue weighted by atomic mass is 9.88. The van der Waals surface area contributed by atoms with Crippen LogP contribution in [0.2, 0.25) is 0 Å². The molecule has 0 bridgehead atoms. The molecular formula is C29H28N2O5S. The number of nitrogens with zero attached hydrogens (tertiary/aromatic N) is 1. The fourth-order valence-corrected chi connectivity index (χ4v) is 6.35. The molecule has 2 atom stereocenters. The first-order valence-corrected chi connectivity index (χ1v) is 13.4. The van der Waals surface area contributed by atoms with Crippen molar-refractivity contribution in [3.05, 3.63) is 95.2 Å². The molecule has 0 aliphatic heterocycles. The molecular weight excluding hydrogens is 488 g/mol. The summed E-state index contributed by atoms with van der Waals surface area (Å²) in [6.07, 6.45) is 0.428. The molecule has 8 heteroatoms. The van der Waals surface area contributed by atoms with Gasteiger partial charge in [0.25, 0.3) is 10.0 Å². The van der Waals surface area contributed by atoms with Crippen LogP contribution < -0.4 is 14.2 Å². The number of aromatic nitrogens is 1. The Bertz CT molecular complexity index is 1630. The zero-order valence-corrected chi connectivity index (χ0v) is 21.9. The van der Waals surface area contributed by atoms with E-state index in [-0.39, 0.29) is 10.8 Å². The summed E-state index contributed by atoms with van der Waals surface area (Å²) in [5.74, 6) is 0.348. The second-order valence-electron chi connectivity index (χ2n) is 9.42. The average molecular weight is 517 g/mol. The zero-order chi connectivity index (χ0) is 26.4. The lowest BCUT2D eigenvalue weighted by Crippen LogP contribution is -2.40. The molecule has 0 unspecified atom stereocenters. The molecule has 1 amide bonds. The van der Waals surface area contributed by atoms with E-state index in [1.807, 2.05) is 56.3 Å². The summed E-state index contributed by atoms with van der Waals surface area (Å²) in [5.41, 5.74) is 2.68. The van der Waals surface area contributed by atoms with Gasteiger partial charge in [-0.2, -0.15) is 0 Å². The van der Waals surface area contributed by atoms with Gasteiger partial charge in [0, 0.05) is 22.6 Å². The Kier molecular flexibility index (Phi) is 6.15. The van der Waals surface area contributed by atoms with E-state index in [0.717, 1.165) is 16.8 Å². The van der Waals surface area contributed by atoms with Crippen molar-refractivity contribution in [1.82, 2.24) is 9.71 Å². The maximum atomic E-state index is 14.0. The number of benzene rings is 3. The van der Waals surface area contributed by atoms with Crippen LogP contribution in [0.1, 0.15) is 34.7 Å². The fourth-order valence-electron chi connectivity index (χ4n) is 5.10. The molecule has 1 N–H and O–H groups in total. The van der Waals surface area contributed by atoms with Gasteiger partial charge >= 0.3 is 0 Å². The van der Waals surface area contributed by atoms with Crippen molar-refractivity contribution in [3.8, 4) is 11.5 Å². The zero-order valence-electron chi connectivity index (χ0n) is 21.1. The summed E-state index contributed by atoms with van der Waals surface area (Å²) in [5, 5.41) is 0.454. The smallest absolute Gasteiger partial charge is 0.264 e. The number of hydrogen-bond donors (Lipinski definition) is 1. The highest BCUT2D eigenvalue weighted by molar-refractivity contribution is 7.90. The molecule has 4 aromatic rings. The van der Waals surface area contributed by atoms with E-state index in [0.29, 0.717) is 34.4 Å². The molecule has 1 aromatic heterocycles. The molecule has 3 aromatic carbocycles. The second kappa shape index (κ2) is 9.19. The van der Waals surface area contributed by atoms with Crippen LogP contribution in [-0.4, -0.2) is 33.5 Å². The standard InChI is InChI=1S/C29H28N2O5S/c1-18-11-14-26(36-4)23(15-18)29(17-24(29)20-7-5-8-21(16-20)35-3)28(32)31-37(33,34)27-10-6-9-25-22(27)13-12-19(2)30-25/h5-16,24H,17H2,1-4H3,(H,31,32)/t24-,29-/m0/s1.